The van der Waals surface area contributed by atoms with Crippen molar-refractivity contribution >= 4 is 5.91 Å². The van der Waals surface area contributed by atoms with E-state index in [0.29, 0.717) is 19.0 Å². The minimum absolute atomic E-state index is 0.234. The van der Waals surface area contributed by atoms with Gasteiger partial charge in [0.25, 0.3) is 0 Å². The molecule has 13 heavy (non-hydrogen) atoms. The van der Waals surface area contributed by atoms with Crippen LogP contribution in [0.25, 0.3) is 0 Å². The van der Waals surface area contributed by atoms with Gasteiger partial charge in [0.05, 0.1) is 0 Å². The third kappa shape index (κ3) is 3.32. The Morgan fingerprint density at radius 1 is 1.38 bits per heavy atom. The van der Waals surface area contributed by atoms with E-state index in [1.54, 1.807) is 0 Å². The van der Waals surface area contributed by atoms with Crippen molar-refractivity contribution in [3.8, 4) is 0 Å². The van der Waals surface area contributed by atoms with E-state index in [4.69, 9.17) is 11.5 Å². The van der Waals surface area contributed by atoms with Crippen LogP contribution < -0.4 is 11.5 Å². The predicted molar refractivity (Wildman–Crippen MR) is 52.1 cm³/mol. The van der Waals surface area contributed by atoms with Crippen LogP contribution in [0.4, 0.5) is 0 Å². The molecule has 1 amide bonds. The standard InChI is InChI=1S/C9H19N3O/c10-5-1-2-9(13)12-6-3-8(11)4-7-12/h8H,1-7,10-11H2. The summed E-state index contributed by atoms with van der Waals surface area (Å²) in [4.78, 5) is 13.4. The molecule has 0 aromatic rings. The predicted octanol–water partition coefficient (Wildman–Crippen LogP) is -0.325. The van der Waals surface area contributed by atoms with Crippen molar-refractivity contribution in [3.05, 3.63) is 0 Å². The maximum Gasteiger partial charge on any atom is 0.222 e. The maximum absolute atomic E-state index is 11.5. The molecule has 0 unspecified atom stereocenters. The van der Waals surface area contributed by atoms with Gasteiger partial charge in [0.1, 0.15) is 0 Å². The second-order valence-electron chi connectivity index (χ2n) is 3.61. The first kappa shape index (κ1) is 10.5. The molecule has 0 radical (unpaired) electrons. The van der Waals surface area contributed by atoms with E-state index in [1.165, 1.54) is 0 Å². The van der Waals surface area contributed by atoms with Crippen LogP contribution in [0.15, 0.2) is 0 Å². The highest BCUT2D eigenvalue weighted by atomic mass is 16.2. The molecule has 0 spiro atoms. The van der Waals surface area contributed by atoms with Gasteiger partial charge in [0, 0.05) is 25.6 Å². The van der Waals surface area contributed by atoms with Crippen LogP contribution in [0.5, 0.6) is 0 Å². The molecule has 1 rings (SSSR count). The Hall–Kier alpha value is -0.610. The third-order valence-corrected chi connectivity index (χ3v) is 2.49. The van der Waals surface area contributed by atoms with Crippen molar-refractivity contribution in [2.75, 3.05) is 19.6 Å². The lowest BCUT2D eigenvalue weighted by Crippen LogP contribution is -2.42. The number of likely N-dealkylation sites (tertiary alicyclic amines) is 1. The Kier molecular flexibility index (Phi) is 4.18. The molecule has 0 aromatic heterocycles. The Labute approximate surface area is 79.3 Å². The van der Waals surface area contributed by atoms with Crippen LogP contribution in [0.3, 0.4) is 0 Å². The summed E-state index contributed by atoms with van der Waals surface area (Å²) in [7, 11) is 0. The topological polar surface area (TPSA) is 72.4 Å². The minimum atomic E-state index is 0.234. The van der Waals surface area contributed by atoms with E-state index in [9.17, 15) is 4.79 Å². The fraction of sp³-hybridized carbons (Fsp3) is 0.889. The zero-order valence-corrected chi connectivity index (χ0v) is 8.04. The summed E-state index contributed by atoms with van der Waals surface area (Å²) in [5.41, 5.74) is 11.1. The second-order valence-corrected chi connectivity index (χ2v) is 3.61. The molecule has 0 aliphatic carbocycles. The summed E-state index contributed by atoms with van der Waals surface area (Å²) >= 11 is 0. The van der Waals surface area contributed by atoms with Gasteiger partial charge in [-0.25, -0.2) is 0 Å². The summed E-state index contributed by atoms with van der Waals surface area (Å²) in [6, 6.07) is 0.290. The smallest absolute Gasteiger partial charge is 0.222 e. The van der Waals surface area contributed by atoms with Crippen LogP contribution in [0.1, 0.15) is 25.7 Å². The first-order chi connectivity index (χ1) is 6.24. The highest BCUT2D eigenvalue weighted by Crippen LogP contribution is 2.09. The average molecular weight is 185 g/mol. The Morgan fingerprint density at radius 2 is 2.00 bits per heavy atom. The first-order valence-corrected chi connectivity index (χ1v) is 4.97. The highest BCUT2D eigenvalue weighted by molar-refractivity contribution is 5.76. The van der Waals surface area contributed by atoms with Gasteiger partial charge in [-0.15, -0.1) is 0 Å². The normalized spacial score (nSPS) is 19.1. The number of piperidine rings is 1. The lowest BCUT2D eigenvalue weighted by Gasteiger charge is -2.30. The van der Waals surface area contributed by atoms with Gasteiger partial charge in [-0.1, -0.05) is 0 Å². The van der Waals surface area contributed by atoms with Gasteiger partial charge in [0.15, 0.2) is 0 Å². The van der Waals surface area contributed by atoms with Crippen LogP contribution >= 0.6 is 0 Å². The van der Waals surface area contributed by atoms with Crippen molar-refractivity contribution in [1.82, 2.24) is 4.90 Å². The molecule has 4 heteroatoms. The number of carbonyl (C=O) groups excluding carboxylic acids is 1. The number of hydrogen-bond donors (Lipinski definition) is 2. The number of nitrogens with two attached hydrogens (primary N) is 2. The van der Waals surface area contributed by atoms with E-state index in [1.807, 2.05) is 4.90 Å². The molecule has 4 N–H and O–H groups in total. The second kappa shape index (κ2) is 5.19. The molecule has 0 atom stereocenters. The quantitative estimate of drug-likeness (QED) is 0.632. The molecule has 4 nitrogen and oxygen atoms in total. The van der Waals surface area contributed by atoms with Gasteiger partial charge in [-0.05, 0) is 25.8 Å². The molecule has 1 fully saturated rings. The van der Waals surface area contributed by atoms with E-state index in [2.05, 4.69) is 0 Å². The van der Waals surface area contributed by atoms with Crippen LogP contribution in [-0.4, -0.2) is 36.5 Å². The summed E-state index contributed by atoms with van der Waals surface area (Å²) in [5, 5.41) is 0. The maximum atomic E-state index is 11.5. The van der Waals surface area contributed by atoms with E-state index >= 15 is 0 Å². The average Bonchev–Trinajstić information content (AvgIpc) is 2.15. The Balaban J connectivity index is 2.23. The number of nitrogens with zero attached hydrogens (tertiary/aromatic N) is 1. The van der Waals surface area contributed by atoms with E-state index < -0.39 is 0 Å². The van der Waals surface area contributed by atoms with Gasteiger partial charge < -0.3 is 16.4 Å². The number of hydrogen-bond acceptors (Lipinski definition) is 3. The molecule has 1 heterocycles. The van der Waals surface area contributed by atoms with Crippen molar-refractivity contribution in [2.24, 2.45) is 11.5 Å². The zero-order valence-electron chi connectivity index (χ0n) is 8.04. The minimum Gasteiger partial charge on any atom is -0.343 e. The number of rotatable bonds is 3. The zero-order chi connectivity index (χ0) is 9.68. The van der Waals surface area contributed by atoms with Crippen molar-refractivity contribution in [3.63, 3.8) is 0 Å². The summed E-state index contributed by atoms with van der Waals surface area (Å²) in [6.07, 6.45) is 3.26. The monoisotopic (exact) mass is 185 g/mol. The van der Waals surface area contributed by atoms with E-state index in [-0.39, 0.29) is 5.91 Å². The molecular weight excluding hydrogens is 166 g/mol. The summed E-state index contributed by atoms with van der Waals surface area (Å²) < 4.78 is 0. The molecule has 76 valence electrons. The largest absolute Gasteiger partial charge is 0.343 e. The fourth-order valence-corrected chi connectivity index (χ4v) is 1.56. The van der Waals surface area contributed by atoms with Crippen molar-refractivity contribution in [1.29, 1.82) is 0 Å². The van der Waals surface area contributed by atoms with Crippen LogP contribution in [-0.2, 0) is 4.79 Å². The lowest BCUT2D eigenvalue weighted by atomic mass is 10.1. The molecule has 1 saturated heterocycles. The molecule has 1 aliphatic rings. The lowest BCUT2D eigenvalue weighted by molar-refractivity contribution is -0.132. The molecule has 1 aliphatic heterocycles. The summed E-state index contributed by atoms with van der Waals surface area (Å²) in [6.45, 7) is 2.24. The molecule has 0 bridgehead atoms. The van der Waals surface area contributed by atoms with Crippen LogP contribution in [0, 0.1) is 0 Å². The van der Waals surface area contributed by atoms with Crippen LogP contribution in [0.2, 0.25) is 0 Å². The Bertz CT molecular complexity index is 164. The fourth-order valence-electron chi connectivity index (χ4n) is 1.56. The summed E-state index contributed by atoms with van der Waals surface area (Å²) in [5.74, 6) is 0.234. The van der Waals surface area contributed by atoms with Gasteiger partial charge in [0.2, 0.25) is 5.91 Å². The van der Waals surface area contributed by atoms with Crippen molar-refractivity contribution < 1.29 is 4.79 Å². The van der Waals surface area contributed by atoms with Crippen molar-refractivity contribution in [2.45, 2.75) is 31.7 Å². The highest BCUT2D eigenvalue weighted by Gasteiger charge is 2.19. The van der Waals surface area contributed by atoms with E-state index in [0.717, 1.165) is 32.4 Å². The van der Waals surface area contributed by atoms with Gasteiger partial charge >= 0.3 is 0 Å². The number of carbonyl (C=O) groups is 1. The number of amides is 1. The molecular formula is C9H19N3O. The van der Waals surface area contributed by atoms with Gasteiger partial charge in [-0.3, -0.25) is 4.79 Å². The Morgan fingerprint density at radius 3 is 2.54 bits per heavy atom. The molecule has 0 aromatic carbocycles. The van der Waals surface area contributed by atoms with Gasteiger partial charge in [-0.2, -0.15) is 0 Å². The third-order valence-electron chi connectivity index (χ3n) is 2.49. The SMILES string of the molecule is NCCCC(=O)N1CCC(N)CC1. The molecule has 0 saturated carbocycles. The first-order valence-electron chi connectivity index (χ1n) is 4.97.